The lowest BCUT2D eigenvalue weighted by Crippen LogP contribution is -2.23. The first-order chi connectivity index (χ1) is 11.2. The van der Waals surface area contributed by atoms with Crippen LogP contribution in [0.2, 0.25) is 0 Å². The quantitative estimate of drug-likeness (QED) is 0.850. The van der Waals surface area contributed by atoms with Crippen LogP contribution in [0.5, 0.6) is 11.5 Å². The number of aliphatic imine (C=N–C) groups is 1. The first-order valence-corrected chi connectivity index (χ1v) is 7.80. The number of benzene rings is 2. The number of aryl methyl sites for hydroxylation is 1. The molecule has 0 radical (unpaired) electrons. The fourth-order valence-corrected chi connectivity index (χ4v) is 2.62. The van der Waals surface area contributed by atoms with Crippen LogP contribution in [-0.4, -0.2) is 38.0 Å². The van der Waals surface area contributed by atoms with Crippen LogP contribution in [0.25, 0.3) is 0 Å². The molecule has 0 amide bonds. The zero-order chi connectivity index (χ0) is 16.2. The van der Waals surface area contributed by atoms with Crippen LogP contribution in [-0.2, 0) is 6.61 Å². The standard InChI is InChI=1S/C19H22N2O2/c1-14-4-6-15(7-5-14)13-23-18-12-16(8-9-17(18)22-3)19-20-10-11-21(19)2/h4-9,12H,10-11,13H2,1-3H3. The fourth-order valence-electron chi connectivity index (χ4n) is 2.62. The minimum Gasteiger partial charge on any atom is -0.493 e. The lowest BCUT2D eigenvalue weighted by Gasteiger charge is -2.16. The molecule has 0 aliphatic carbocycles. The molecular formula is C19H22N2O2. The molecule has 0 N–H and O–H groups in total. The van der Waals surface area contributed by atoms with Crippen LogP contribution in [0.1, 0.15) is 16.7 Å². The van der Waals surface area contributed by atoms with Gasteiger partial charge in [0.25, 0.3) is 0 Å². The third kappa shape index (κ3) is 3.47. The Bertz CT molecular complexity index is 708. The molecular weight excluding hydrogens is 288 g/mol. The van der Waals surface area contributed by atoms with Crippen molar-refractivity contribution in [2.75, 3.05) is 27.2 Å². The normalized spacial score (nSPS) is 13.9. The van der Waals surface area contributed by atoms with Gasteiger partial charge in [-0.1, -0.05) is 29.8 Å². The lowest BCUT2D eigenvalue weighted by molar-refractivity contribution is 0.284. The summed E-state index contributed by atoms with van der Waals surface area (Å²) in [4.78, 5) is 6.72. The van der Waals surface area contributed by atoms with E-state index in [1.54, 1.807) is 7.11 Å². The van der Waals surface area contributed by atoms with Crippen LogP contribution in [0.3, 0.4) is 0 Å². The minimum atomic E-state index is 0.516. The molecule has 0 saturated carbocycles. The second-order valence-corrected chi connectivity index (χ2v) is 5.77. The van der Waals surface area contributed by atoms with E-state index < -0.39 is 0 Å². The smallest absolute Gasteiger partial charge is 0.162 e. The number of likely N-dealkylation sites (N-methyl/N-ethyl adjacent to an activating group) is 1. The van der Waals surface area contributed by atoms with Crippen molar-refractivity contribution in [3.63, 3.8) is 0 Å². The van der Waals surface area contributed by atoms with E-state index in [9.17, 15) is 0 Å². The lowest BCUT2D eigenvalue weighted by atomic mass is 10.1. The fraction of sp³-hybridized carbons (Fsp3) is 0.316. The molecule has 23 heavy (non-hydrogen) atoms. The molecule has 1 aliphatic heterocycles. The molecule has 0 atom stereocenters. The van der Waals surface area contributed by atoms with Gasteiger partial charge in [-0.05, 0) is 30.7 Å². The Morgan fingerprint density at radius 2 is 1.87 bits per heavy atom. The molecule has 2 aromatic rings. The van der Waals surface area contributed by atoms with Crippen molar-refractivity contribution < 1.29 is 9.47 Å². The number of hydrogen-bond donors (Lipinski definition) is 0. The van der Waals surface area contributed by atoms with Gasteiger partial charge < -0.3 is 14.4 Å². The van der Waals surface area contributed by atoms with Gasteiger partial charge in [0, 0.05) is 19.2 Å². The van der Waals surface area contributed by atoms with Crippen molar-refractivity contribution in [1.29, 1.82) is 0 Å². The summed E-state index contributed by atoms with van der Waals surface area (Å²) in [7, 11) is 3.72. The maximum absolute atomic E-state index is 5.99. The highest BCUT2D eigenvalue weighted by Crippen LogP contribution is 2.30. The third-order valence-electron chi connectivity index (χ3n) is 4.00. The molecule has 1 aliphatic rings. The van der Waals surface area contributed by atoms with Gasteiger partial charge in [0.15, 0.2) is 11.5 Å². The van der Waals surface area contributed by atoms with Gasteiger partial charge in [0.2, 0.25) is 0 Å². The predicted octanol–water partition coefficient (Wildman–Crippen LogP) is 3.27. The number of ether oxygens (including phenoxy) is 2. The first-order valence-electron chi connectivity index (χ1n) is 7.80. The van der Waals surface area contributed by atoms with E-state index in [4.69, 9.17) is 9.47 Å². The Morgan fingerprint density at radius 3 is 2.52 bits per heavy atom. The van der Waals surface area contributed by atoms with Gasteiger partial charge >= 0.3 is 0 Å². The molecule has 0 bridgehead atoms. The van der Waals surface area contributed by atoms with Crippen LogP contribution in [0, 0.1) is 6.92 Å². The molecule has 0 unspecified atom stereocenters. The molecule has 4 heteroatoms. The summed E-state index contributed by atoms with van der Waals surface area (Å²) in [5.74, 6) is 2.49. The number of nitrogens with zero attached hydrogens (tertiary/aromatic N) is 2. The molecule has 0 fully saturated rings. The second-order valence-electron chi connectivity index (χ2n) is 5.77. The summed E-state index contributed by atoms with van der Waals surface area (Å²) in [5.41, 5.74) is 3.44. The summed E-state index contributed by atoms with van der Waals surface area (Å²) in [5, 5.41) is 0. The highest BCUT2D eigenvalue weighted by Gasteiger charge is 2.16. The van der Waals surface area contributed by atoms with Crippen LogP contribution in [0.15, 0.2) is 47.5 Å². The Balaban J connectivity index is 1.80. The van der Waals surface area contributed by atoms with E-state index in [0.717, 1.165) is 41.6 Å². The van der Waals surface area contributed by atoms with Crippen LogP contribution >= 0.6 is 0 Å². The zero-order valence-corrected chi connectivity index (χ0v) is 13.9. The number of methoxy groups -OCH3 is 1. The van der Waals surface area contributed by atoms with Crippen molar-refractivity contribution in [3.05, 3.63) is 59.2 Å². The molecule has 2 aromatic carbocycles. The van der Waals surface area contributed by atoms with Gasteiger partial charge in [-0.15, -0.1) is 0 Å². The minimum absolute atomic E-state index is 0.516. The number of amidine groups is 1. The average Bonchev–Trinajstić information content (AvgIpc) is 3.00. The predicted molar refractivity (Wildman–Crippen MR) is 92.5 cm³/mol. The van der Waals surface area contributed by atoms with Crippen molar-refractivity contribution in [2.45, 2.75) is 13.5 Å². The molecule has 0 saturated heterocycles. The van der Waals surface area contributed by atoms with E-state index >= 15 is 0 Å². The van der Waals surface area contributed by atoms with Gasteiger partial charge in [-0.3, -0.25) is 4.99 Å². The summed E-state index contributed by atoms with van der Waals surface area (Å²) >= 11 is 0. The summed E-state index contributed by atoms with van der Waals surface area (Å²) in [6, 6.07) is 14.3. The Labute approximate surface area is 137 Å². The maximum Gasteiger partial charge on any atom is 0.162 e. The average molecular weight is 310 g/mol. The monoisotopic (exact) mass is 310 g/mol. The van der Waals surface area contributed by atoms with Gasteiger partial charge in [0.05, 0.1) is 13.7 Å². The van der Waals surface area contributed by atoms with E-state index in [0.29, 0.717) is 6.61 Å². The van der Waals surface area contributed by atoms with Gasteiger partial charge in [-0.25, -0.2) is 0 Å². The van der Waals surface area contributed by atoms with Gasteiger partial charge in [0.1, 0.15) is 12.4 Å². The highest BCUT2D eigenvalue weighted by atomic mass is 16.5. The third-order valence-corrected chi connectivity index (χ3v) is 4.00. The van der Waals surface area contributed by atoms with Crippen molar-refractivity contribution >= 4 is 5.84 Å². The SMILES string of the molecule is COc1ccc(C2=NCCN2C)cc1OCc1ccc(C)cc1. The largest absolute Gasteiger partial charge is 0.493 e. The summed E-state index contributed by atoms with van der Waals surface area (Å²) in [6.07, 6.45) is 0. The number of rotatable bonds is 5. The van der Waals surface area contributed by atoms with Crippen molar-refractivity contribution in [2.24, 2.45) is 4.99 Å². The Hall–Kier alpha value is -2.49. The maximum atomic E-state index is 5.99. The molecule has 1 heterocycles. The van der Waals surface area contributed by atoms with Crippen molar-refractivity contribution in [3.8, 4) is 11.5 Å². The topological polar surface area (TPSA) is 34.1 Å². The second kappa shape index (κ2) is 6.73. The van der Waals surface area contributed by atoms with E-state index in [1.807, 2.05) is 18.2 Å². The molecule has 4 nitrogen and oxygen atoms in total. The Kier molecular flexibility index (Phi) is 4.51. The molecule has 0 spiro atoms. The molecule has 120 valence electrons. The van der Waals surface area contributed by atoms with E-state index in [1.165, 1.54) is 5.56 Å². The van der Waals surface area contributed by atoms with Crippen LogP contribution < -0.4 is 9.47 Å². The number of hydrogen-bond acceptors (Lipinski definition) is 4. The van der Waals surface area contributed by atoms with E-state index in [2.05, 4.69) is 48.1 Å². The van der Waals surface area contributed by atoms with E-state index in [-0.39, 0.29) is 0 Å². The Morgan fingerprint density at radius 1 is 1.09 bits per heavy atom. The van der Waals surface area contributed by atoms with Crippen molar-refractivity contribution in [1.82, 2.24) is 4.90 Å². The zero-order valence-electron chi connectivity index (χ0n) is 13.9. The highest BCUT2D eigenvalue weighted by molar-refractivity contribution is 6.00. The van der Waals surface area contributed by atoms with Gasteiger partial charge in [-0.2, -0.15) is 0 Å². The first kappa shape index (κ1) is 15.4. The molecule has 0 aromatic heterocycles. The summed E-state index contributed by atoms with van der Waals surface area (Å²) < 4.78 is 11.4. The molecule has 3 rings (SSSR count). The summed E-state index contributed by atoms with van der Waals surface area (Å²) in [6.45, 7) is 4.40. The van der Waals surface area contributed by atoms with Crippen LogP contribution in [0.4, 0.5) is 0 Å².